The Balaban J connectivity index is 2.16. The summed E-state index contributed by atoms with van der Waals surface area (Å²) in [5, 5.41) is 3.32. The van der Waals surface area contributed by atoms with Gasteiger partial charge in [0.2, 0.25) is 0 Å². The molecule has 2 rings (SSSR count). The highest BCUT2D eigenvalue weighted by Gasteiger charge is 2.08. The SMILES string of the molecule is COc1cc(NCc2occc2C)c(Br)cc1Br. The summed E-state index contributed by atoms with van der Waals surface area (Å²) in [6.45, 7) is 2.67. The van der Waals surface area contributed by atoms with Crippen LogP contribution < -0.4 is 10.1 Å². The number of methoxy groups -OCH3 is 1. The molecule has 0 radical (unpaired) electrons. The van der Waals surface area contributed by atoms with Gasteiger partial charge in [0.15, 0.2) is 0 Å². The first-order chi connectivity index (χ1) is 8.61. The van der Waals surface area contributed by atoms with Crippen LogP contribution in [0, 0.1) is 6.92 Å². The van der Waals surface area contributed by atoms with E-state index in [1.807, 2.05) is 25.1 Å². The second kappa shape index (κ2) is 5.80. The lowest BCUT2D eigenvalue weighted by Gasteiger charge is -2.11. The van der Waals surface area contributed by atoms with Gasteiger partial charge in [-0.2, -0.15) is 0 Å². The Labute approximate surface area is 123 Å². The molecule has 3 nitrogen and oxygen atoms in total. The van der Waals surface area contributed by atoms with Crippen LogP contribution in [0.3, 0.4) is 0 Å². The lowest BCUT2D eigenvalue weighted by molar-refractivity contribution is 0.412. The van der Waals surface area contributed by atoms with Gasteiger partial charge in [0.25, 0.3) is 0 Å². The quantitative estimate of drug-likeness (QED) is 0.839. The Kier molecular flexibility index (Phi) is 4.35. The number of halogens is 2. The molecule has 0 fully saturated rings. The van der Waals surface area contributed by atoms with Crippen LogP contribution in [0.2, 0.25) is 0 Å². The molecular formula is C13H13Br2NO2. The van der Waals surface area contributed by atoms with E-state index in [9.17, 15) is 0 Å². The minimum absolute atomic E-state index is 0.641. The van der Waals surface area contributed by atoms with Crippen molar-refractivity contribution >= 4 is 37.5 Å². The normalized spacial score (nSPS) is 10.4. The molecule has 1 aromatic heterocycles. The van der Waals surface area contributed by atoms with Gasteiger partial charge >= 0.3 is 0 Å². The molecule has 0 atom stereocenters. The highest BCUT2D eigenvalue weighted by atomic mass is 79.9. The van der Waals surface area contributed by atoms with E-state index < -0.39 is 0 Å². The van der Waals surface area contributed by atoms with Crippen molar-refractivity contribution in [3.8, 4) is 5.75 Å². The maximum Gasteiger partial charge on any atom is 0.135 e. The van der Waals surface area contributed by atoms with Crippen LogP contribution in [0.25, 0.3) is 0 Å². The molecule has 0 aliphatic rings. The first-order valence-corrected chi connectivity index (χ1v) is 7.00. The summed E-state index contributed by atoms with van der Waals surface area (Å²) >= 11 is 6.96. The number of rotatable bonds is 4. The topological polar surface area (TPSA) is 34.4 Å². The average molecular weight is 375 g/mol. The van der Waals surface area contributed by atoms with Gasteiger partial charge in [0.1, 0.15) is 11.5 Å². The van der Waals surface area contributed by atoms with Gasteiger partial charge in [-0.3, -0.25) is 0 Å². The number of anilines is 1. The van der Waals surface area contributed by atoms with Crippen molar-refractivity contribution in [3.63, 3.8) is 0 Å². The second-order valence-electron chi connectivity index (χ2n) is 3.85. The zero-order valence-electron chi connectivity index (χ0n) is 10.1. The van der Waals surface area contributed by atoms with Gasteiger partial charge in [-0.25, -0.2) is 0 Å². The predicted molar refractivity (Wildman–Crippen MR) is 79.2 cm³/mol. The van der Waals surface area contributed by atoms with Crippen molar-refractivity contribution in [2.75, 3.05) is 12.4 Å². The standard InChI is InChI=1S/C13H13Br2NO2/c1-8-3-4-18-13(8)7-16-11-6-12(17-2)10(15)5-9(11)14/h3-6,16H,7H2,1-2H3. The fourth-order valence-electron chi connectivity index (χ4n) is 1.58. The van der Waals surface area contributed by atoms with Crippen LogP contribution in [-0.2, 0) is 6.54 Å². The first-order valence-electron chi connectivity index (χ1n) is 5.41. The molecule has 5 heteroatoms. The number of aryl methyl sites for hydroxylation is 1. The molecule has 0 aliphatic heterocycles. The largest absolute Gasteiger partial charge is 0.495 e. The van der Waals surface area contributed by atoms with E-state index in [-0.39, 0.29) is 0 Å². The van der Waals surface area contributed by atoms with Gasteiger partial charge in [-0.05, 0) is 56.5 Å². The lowest BCUT2D eigenvalue weighted by atomic mass is 10.2. The Morgan fingerprint density at radius 2 is 2.06 bits per heavy atom. The van der Waals surface area contributed by atoms with Crippen LogP contribution >= 0.6 is 31.9 Å². The van der Waals surface area contributed by atoms with Crippen molar-refractivity contribution in [2.45, 2.75) is 13.5 Å². The second-order valence-corrected chi connectivity index (χ2v) is 5.56. The number of ether oxygens (including phenoxy) is 1. The monoisotopic (exact) mass is 373 g/mol. The number of hydrogen-bond acceptors (Lipinski definition) is 3. The maximum absolute atomic E-state index is 5.39. The van der Waals surface area contributed by atoms with E-state index in [0.29, 0.717) is 6.54 Å². The number of hydrogen-bond donors (Lipinski definition) is 1. The van der Waals surface area contributed by atoms with E-state index in [2.05, 4.69) is 37.2 Å². The summed E-state index contributed by atoms with van der Waals surface area (Å²) in [5.41, 5.74) is 2.11. The number of furan rings is 1. The summed E-state index contributed by atoms with van der Waals surface area (Å²) in [7, 11) is 1.65. The van der Waals surface area contributed by atoms with Gasteiger partial charge in [0, 0.05) is 10.5 Å². The molecular weight excluding hydrogens is 362 g/mol. The molecule has 1 heterocycles. The van der Waals surface area contributed by atoms with E-state index in [0.717, 1.165) is 31.7 Å². The lowest BCUT2D eigenvalue weighted by Crippen LogP contribution is -2.01. The predicted octanol–water partition coefficient (Wildman–Crippen LogP) is 4.73. The fourth-order valence-corrected chi connectivity index (χ4v) is 2.88. The van der Waals surface area contributed by atoms with Crippen molar-refractivity contribution in [2.24, 2.45) is 0 Å². The van der Waals surface area contributed by atoms with Crippen LogP contribution in [-0.4, -0.2) is 7.11 Å². The molecule has 0 aliphatic carbocycles. The fraction of sp³-hybridized carbons (Fsp3) is 0.231. The smallest absolute Gasteiger partial charge is 0.135 e. The molecule has 0 spiro atoms. The third-order valence-electron chi connectivity index (χ3n) is 2.65. The summed E-state index contributed by atoms with van der Waals surface area (Å²) in [6.07, 6.45) is 1.70. The van der Waals surface area contributed by atoms with E-state index >= 15 is 0 Å². The van der Waals surface area contributed by atoms with E-state index in [1.54, 1.807) is 13.4 Å². The zero-order chi connectivity index (χ0) is 13.1. The molecule has 96 valence electrons. The molecule has 0 unspecified atom stereocenters. The molecule has 2 aromatic rings. The summed E-state index contributed by atoms with van der Waals surface area (Å²) < 4.78 is 12.5. The third-order valence-corrected chi connectivity index (χ3v) is 3.92. The van der Waals surface area contributed by atoms with Crippen LogP contribution in [0.1, 0.15) is 11.3 Å². The minimum Gasteiger partial charge on any atom is -0.495 e. The zero-order valence-corrected chi connectivity index (χ0v) is 13.3. The number of benzene rings is 1. The van der Waals surface area contributed by atoms with Gasteiger partial charge < -0.3 is 14.5 Å². The molecule has 0 saturated carbocycles. The van der Waals surface area contributed by atoms with Gasteiger partial charge in [-0.15, -0.1) is 0 Å². The Hall–Kier alpha value is -0.940. The van der Waals surface area contributed by atoms with Crippen molar-refractivity contribution in [1.29, 1.82) is 0 Å². The van der Waals surface area contributed by atoms with Crippen molar-refractivity contribution < 1.29 is 9.15 Å². The summed E-state index contributed by atoms with van der Waals surface area (Å²) in [4.78, 5) is 0. The highest BCUT2D eigenvalue weighted by Crippen LogP contribution is 2.34. The Morgan fingerprint density at radius 3 is 2.67 bits per heavy atom. The molecule has 18 heavy (non-hydrogen) atoms. The van der Waals surface area contributed by atoms with Gasteiger partial charge in [0.05, 0.1) is 30.1 Å². The van der Waals surface area contributed by atoms with Crippen molar-refractivity contribution in [1.82, 2.24) is 0 Å². The van der Waals surface area contributed by atoms with Crippen LogP contribution in [0.5, 0.6) is 5.75 Å². The molecule has 0 bridgehead atoms. The Morgan fingerprint density at radius 1 is 1.28 bits per heavy atom. The van der Waals surface area contributed by atoms with E-state index in [4.69, 9.17) is 9.15 Å². The first kappa shape index (κ1) is 13.5. The Bertz CT molecular complexity index is 552. The van der Waals surface area contributed by atoms with Crippen LogP contribution in [0.4, 0.5) is 5.69 Å². The molecule has 1 N–H and O–H groups in total. The third kappa shape index (κ3) is 2.90. The van der Waals surface area contributed by atoms with Gasteiger partial charge in [-0.1, -0.05) is 0 Å². The molecule has 0 amide bonds. The minimum atomic E-state index is 0.641. The molecule has 0 saturated heterocycles. The van der Waals surface area contributed by atoms with E-state index in [1.165, 1.54) is 0 Å². The summed E-state index contributed by atoms with van der Waals surface area (Å²) in [6, 6.07) is 5.84. The molecule has 1 aromatic carbocycles. The maximum atomic E-state index is 5.39. The average Bonchev–Trinajstić information content (AvgIpc) is 2.74. The summed E-state index contributed by atoms with van der Waals surface area (Å²) in [5.74, 6) is 1.72. The van der Waals surface area contributed by atoms with Crippen LogP contribution in [0.15, 0.2) is 37.8 Å². The number of nitrogens with one attached hydrogen (secondary N) is 1. The van der Waals surface area contributed by atoms with Crippen molar-refractivity contribution in [3.05, 3.63) is 44.7 Å². The highest BCUT2D eigenvalue weighted by molar-refractivity contribution is 9.11.